The van der Waals surface area contributed by atoms with Crippen molar-refractivity contribution in [3.05, 3.63) is 30.3 Å². The average molecular weight is 290 g/mol. The van der Waals surface area contributed by atoms with Crippen molar-refractivity contribution in [3.63, 3.8) is 0 Å². The first-order valence-corrected chi connectivity index (χ1v) is 7.96. The highest BCUT2D eigenvalue weighted by atomic mass is 16.5. The van der Waals surface area contributed by atoms with Crippen LogP contribution in [0.15, 0.2) is 30.3 Å². The van der Waals surface area contributed by atoms with Gasteiger partial charge in [-0.3, -0.25) is 4.79 Å². The minimum absolute atomic E-state index is 0.0828. The lowest BCUT2D eigenvalue weighted by molar-refractivity contribution is -0.123. The van der Waals surface area contributed by atoms with Gasteiger partial charge in [-0.1, -0.05) is 25.1 Å². The Balaban J connectivity index is 1.72. The van der Waals surface area contributed by atoms with E-state index in [1.165, 1.54) is 0 Å². The summed E-state index contributed by atoms with van der Waals surface area (Å²) in [5, 5.41) is 6.43. The summed E-state index contributed by atoms with van der Waals surface area (Å²) in [5.41, 5.74) is 0. The summed E-state index contributed by atoms with van der Waals surface area (Å²) < 4.78 is 5.73. The molecule has 0 spiro atoms. The molecule has 0 aromatic heterocycles. The van der Waals surface area contributed by atoms with Crippen LogP contribution in [-0.4, -0.2) is 31.6 Å². The largest absolute Gasteiger partial charge is 0.491 e. The van der Waals surface area contributed by atoms with Crippen LogP contribution >= 0.6 is 0 Å². The Bertz CT molecular complexity index is 416. The van der Waals surface area contributed by atoms with E-state index < -0.39 is 0 Å². The van der Waals surface area contributed by atoms with Crippen molar-refractivity contribution in [2.45, 2.75) is 38.6 Å². The summed E-state index contributed by atoms with van der Waals surface area (Å²) in [4.78, 5) is 12.1. The van der Waals surface area contributed by atoms with Gasteiger partial charge in [0.15, 0.2) is 0 Å². The molecular formula is C17H26N2O2. The predicted molar refractivity (Wildman–Crippen MR) is 84.4 cm³/mol. The molecule has 1 aliphatic rings. The number of hydrogen-bond donors (Lipinski definition) is 2. The van der Waals surface area contributed by atoms with Crippen molar-refractivity contribution < 1.29 is 9.53 Å². The lowest BCUT2D eigenvalue weighted by atomic mass is 9.94. The minimum Gasteiger partial charge on any atom is -0.491 e. The molecule has 0 radical (unpaired) electrons. The first-order valence-electron chi connectivity index (χ1n) is 7.96. The second-order valence-electron chi connectivity index (χ2n) is 5.69. The number of piperidine rings is 1. The molecule has 1 amide bonds. The van der Waals surface area contributed by atoms with Crippen molar-refractivity contribution in [2.75, 3.05) is 19.7 Å². The van der Waals surface area contributed by atoms with E-state index in [1.807, 2.05) is 30.3 Å². The third-order valence-electron chi connectivity index (χ3n) is 3.99. The molecule has 4 heteroatoms. The Morgan fingerprint density at radius 1 is 1.33 bits per heavy atom. The van der Waals surface area contributed by atoms with E-state index in [0.717, 1.165) is 38.1 Å². The first kappa shape index (κ1) is 15.8. The summed E-state index contributed by atoms with van der Waals surface area (Å²) in [6.07, 6.45) is 3.73. The Kier molecular flexibility index (Phi) is 6.54. The van der Waals surface area contributed by atoms with Crippen LogP contribution in [0.1, 0.15) is 32.6 Å². The molecule has 21 heavy (non-hydrogen) atoms. The maximum absolute atomic E-state index is 12.1. The van der Waals surface area contributed by atoms with Gasteiger partial charge in [0.25, 0.3) is 0 Å². The Labute approximate surface area is 127 Å². The fourth-order valence-electron chi connectivity index (χ4n) is 2.61. The van der Waals surface area contributed by atoms with E-state index in [9.17, 15) is 4.79 Å². The van der Waals surface area contributed by atoms with Gasteiger partial charge >= 0.3 is 0 Å². The number of hydrogen-bond acceptors (Lipinski definition) is 3. The molecule has 1 aliphatic heterocycles. The molecule has 1 atom stereocenters. The summed E-state index contributed by atoms with van der Waals surface area (Å²) in [6.45, 7) is 4.67. The van der Waals surface area contributed by atoms with Gasteiger partial charge in [0.2, 0.25) is 5.91 Å². The maximum atomic E-state index is 12.1. The van der Waals surface area contributed by atoms with Gasteiger partial charge in [0, 0.05) is 6.42 Å². The van der Waals surface area contributed by atoms with E-state index in [1.54, 1.807) is 0 Å². The van der Waals surface area contributed by atoms with Crippen LogP contribution in [0.2, 0.25) is 0 Å². The van der Waals surface area contributed by atoms with Crippen molar-refractivity contribution >= 4 is 5.91 Å². The van der Waals surface area contributed by atoms with Crippen LogP contribution < -0.4 is 15.4 Å². The second kappa shape index (κ2) is 8.67. The zero-order valence-electron chi connectivity index (χ0n) is 12.8. The number of ether oxygens (including phenoxy) is 1. The molecule has 1 aromatic carbocycles. The fourth-order valence-corrected chi connectivity index (χ4v) is 2.61. The van der Waals surface area contributed by atoms with Crippen LogP contribution in [0, 0.1) is 5.92 Å². The number of benzene rings is 1. The van der Waals surface area contributed by atoms with Gasteiger partial charge in [-0.15, -0.1) is 0 Å². The molecule has 1 aromatic rings. The van der Waals surface area contributed by atoms with Crippen molar-refractivity contribution in [2.24, 2.45) is 5.92 Å². The fraction of sp³-hybridized carbons (Fsp3) is 0.588. The monoisotopic (exact) mass is 290 g/mol. The van der Waals surface area contributed by atoms with Crippen molar-refractivity contribution in [1.82, 2.24) is 10.6 Å². The van der Waals surface area contributed by atoms with E-state index in [2.05, 4.69) is 17.6 Å². The summed E-state index contributed by atoms with van der Waals surface area (Å²) >= 11 is 0. The SMILES string of the molecule is CCC(COc1ccccc1)NC(=O)CC1CCNCC1. The van der Waals surface area contributed by atoms with E-state index in [4.69, 9.17) is 4.74 Å². The number of amides is 1. The van der Waals surface area contributed by atoms with Gasteiger partial charge in [-0.25, -0.2) is 0 Å². The van der Waals surface area contributed by atoms with Crippen LogP contribution in [-0.2, 0) is 4.79 Å². The summed E-state index contributed by atoms with van der Waals surface area (Å²) in [7, 11) is 0. The topological polar surface area (TPSA) is 50.4 Å². The lowest BCUT2D eigenvalue weighted by Gasteiger charge is -2.23. The first-order chi connectivity index (χ1) is 10.3. The van der Waals surface area contributed by atoms with Crippen LogP contribution in [0.25, 0.3) is 0 Å². The second-order valence-corrected chi connectivity index (χ2v) is 5.69. The molecule has 116 valence electrons. The minimum atomic E-state index is 0.0828. The van der Waals surface area contributed by atoms with Gasteiger partial charge in [-0.05, 0) is 50.4 Å². The summed E-state index contributed by atoms with van der Waals surface area (Å²) in [6, 6.07) is 9.82. The third-order valence-corrected chi connectivity index (χ3v) is 3.99. The molecule has 0 bridgehead atoms. The number of nitrogens with one attached hydrogen (secondary N) is 2. The highest BCUT2D eigenvalue weighted by Crippen LogP contribution is 2.16. The maximum Gasteiger partial charge on any atom is 0.220 e. The van der Waals surface area contributed by atoms with Crippen LogP contribution in [0.5, 0.6) is 5.75 Å². The smallest absolute Gasteiger partial charge is 0.220 e. The average Bonchev–Trinajstić information content (AvgIpc) is 2.53. The Morgan fingerprint density at radius 3 is 2.71 bits per heavy atom. The van der Waals surface area contributed by atoms with Gasteiger partial charge < -0.3 is 15.4 Å². The predicted octanol–water partition coefficient (Wildman–Crippen LogP) is 2.35. The highest BCUT2D eigenvalue weighted by Gasteiger charge is 2.18. The molecule has 2 rings (SSSR count). The lowest BCUT2D eigenvalue weighted by Crippen LogP contribution is -2.40. The molecule has 0 saturated carbocycles. The van der Waals surface area contributed by atoms with Gasteiger partial charge in [0.1, 0.15) is 12.4 Å². The Morgan fingerprint density at radius 2 is 2.05 bits per heavy atom. The molecule has 1 unspecified atom stereocenters. The van der Waals surface area contributed by atoms with Crippen molar-refractivity contribution in [3.8, 4) is 5.75 Å². The normalized spacial score (nSPS) is 17.2. The molecule has 2 N–H and O–H groups in total. The molecule has 1 heterocycles. The number of carbonyl (C=O) groups is 1. The number of carbonyl (C=O) groups excluding carboxylic acids is 1. The van der Waals surface area contributed by atoms with Crippen molar-refractivity contribution in [1.29, 1.82) is 0 Å². The number of para-hydroxylation sites is 1. The highest BCUT2D eigenvalue weighted by molar-refractivity contribution is 5.76. The van der Waals surface area contributed by atoms with Crippen LogP contribution in [0.3, 0.4) is 0 Å². The van der Waals surface area contributed by atoms with E-state index >= 15 is 0 Å². The molecular weight excluding hydrogens is 264 g/mol. The third kappa shape index (κ3) is 5.76. The van der Waals surface area contributed by atoms with E-state index in [-0.39, 0.29) is 11.9 Å². The van der Waals surface area contributed by atoms with Gasteiger partial charge in [0.05, 0.1) is 6.04 Å². The molecule has 1 fully saturated rings. The van der Waals surface area contributed by atoms with E-state index in [0.29, 0.717) is 18.9 Å². The standard InChI is InChI=1S/C17H26N2O2/c1-2-15(13-21-16-6-4-3-5-7-16)19-17(20)12-14-8-10-18-11-9-14/h3-7,14-15,18H,2,8-13H2,1H3,(H,19,20). The molecule has 4 nitrogen and oxygen atoms in total. The Hall–Kier alpha value is -1.55. The number of rotatable bonds is 7. The quantitative estimate of drug-likeness (QED) is 0.810. The van der Waals surface area contributed by atoms with Gasteiger partial charge in [-0.2, -0.15) is 0 Å². The zero-order valence-corrected chi connectivity index (χ0v) is 12.8. The molecule has 0 aliphatic carbocycles. The zero-order chi connectivity index (χ0) is 14.9. The van der Waals surface area contributed by atoms with Crippen LogP contribution in [0.4, 0.5) is 0 Å². The molecule has 1 saturated heterocycles. The summed E-state index contributed by atoms with van der Waals surface area (Å²) in [5.74, 6) is 1.53.